The molecule has 1 amide bonds. The number of hydrogen-bond acceptors (Lipinski definition) is 4. The van der Waals surface area contributed by atoms with E-state index in [2.05, 4.69) is 5.32 Å². The van der Waals surface area contributed by atoms with Crippen molar-refractivity contribution in [2.45, 2.75) is 26.7 Å². The zero-order valence-electron chi connectivity index (χ0n) is 10.2. The Balaban J connectivity index is 3.14. The minimum absolute atomic E-state index is 0.0977. The fourth-order valence-electron chi connectivity index (χ4n) is 1.52. The lowest BCUT2D eigenvalue weighted by Gasteiger charge is -2.05. The normalized spacial score (nSPS) is 9.89. The largest absolute Gasteiger partial charge is 0.321 e. The number of nitro benzene ring substituents is 1. The fourth-order valence-corrected chi connectivity index (χ4v) is 1.52. The molecule has 0 saturated carbocycles. The molecule has 6 heteroatoms. The highest BCUT2D eigenvalue weighted by Crippen LogP contribution is 2.26. The van der Waals surface area contributed by atoms with Crippen molar-refractivity contribution >= 4 is 23.1 Å². The van der Waals surface area contributed by atoms with Gasteiger partial charge in [-0.3, -0.25) is 19.7 Å². The Morgan fingerprint density at radius 2 is 2.06 bits per heavy atom. The number of ketones is 1. The molecule has 0 unspecified atom stereocenters. The molecule has 1 aromatic carbocycles. The third-order valence-corrected chi connectivity index (χ3v) is 2.30. The highest BCUT2D eigenvalue weighted by atomic mass is 16.6. The average molecular weight is 250 g/mol. The van der Waals surface area contributed by atoms with Crippen molar-refractivity contribution in [3.05, 3.63) is 33.9 Å². The minimum Gasteiger partial charge on any atom is -0.321 e. The number of benzene rings is 1. The van der Waals surface area contributed by atoms with Crippen LogP contribution in [-0.4, -0.2) is 16.6 Å². The van der Waals surface area contributed by atoms with Crippen molar-refractivity contribution in [1.29, 1.82) is 0 Å². The summed E-state index contributed by atoms with van der Waals surface area (Å²) in [7, 11) is 0. The molecule has 0 aliphatic heterocycles. The van der Waals surface area contributed by atoms with E-state index in [1.165, 1.54) is 25.1 Å². The maximum atomic E-state index is 11.6. The van der Waals surface area contributed by atoms with Gasteiger partial charge < -0.3 is 5.32 Å². The van der Waals surface area contributed by atoms with Crippen molar-refractivity contribution in [3.63, 3.8) is 0 Å². The Kier molecular flexibility index (Phi) is 4.53. The van der Waals surface area contributed by atoms with E-state index < -0.39 is 10.8 Å². The van der Waals surface area contributed by atoms with Crippen LogP contribution < -0.4 is 5.32 Å². The number of carbonyl (C=O) groups excluding carboxylic acids is 2. The molecular weight excluding hydrogens is 236 g/mol. The number of nitrogens with one attached hydrogen (secondary N) is 1. The molecule has 0 radical (unpaired) electrons. The molecule has 0 atom stereocenters. The third-order valence-electron chi connectivity index (χ3n) is 2.30. The molecule has 0 aromatic heterocycles. The van der Waals surface area contributed by atoms with E-state index in [9.17, 15) is 19.7 Å². The molecule has 0 heterocycles. The summed E-state index contributed by atoms with van der Waals surface area (Å²) in [6, 6.07) is 4.06. The van der Waals surface area contributed by atoms with E-state index in [-0.39, 0.29) is 22.7 Å². The summed E-state index contributed by atoms with van der Waals surface area (Å²) in [5.74, 6) is -0.541. The lowest BCUT2D eigenvalue weighted by atomic mass is 10.1. The summed E-state index contributed by atoms with van der Waals surface area (Å²) in [5, 5.41) is 13.2. The molecule has 6 nitrogen and oxygen atoms in total. The van der Waals surface area contributed by atoms with Gasteiger partial charge in [-0.05, 0) is 18.6 Å². The quantitative estimate of drug-likeness (QED) is 0.494. The van der Waals surface area contributed by atoms with Gasteiger partial charge >= 0.3 is 0 Å². The van der Waals surface area contributed by atoms with E-state index in [1.807, 2.05) is 6.92 Å². The smallest absolute Gasteiger partial charge is 0.293 e. The van der Waals surface area contributed by atoms with Crippen LogP contribution in [-0.2, 0) is 4.79 Å². The number of rotatable bonds is 5. The molecule has 0 aliphatic carbocycles. The SMILES string of the molecule is CCCC(=O)c1ccc(NC(C)=O)c([N+](=O)[O-])c1. The molecule has 1 rings (SSSR count). The van der Waals surface area contributed by atoms with Crippen LogP contribution in [0.3, 0.4) is 0 Å². The Bertz CT molecular complexity index is 497. The Morgan fingerprint density at radius 1 is 1.39 bits per heavy atom. The van der Waals surface area contributed by atoms with Crippen LogP contribution in [0.15, 0.2) is 18.2 Å². The second-order valence-electron chi connectivity index (χ2n) is 3.84. The second kappa shape index (κ2) is 5.90. The Hall–Kier alpha value is -2.24. The number of nitrogens with zero attached hydrogens (tertiary/aromatic N) is 1. The first-order chi connectivity index (χ1) is 8.45. The monoisotopic (exact) mass is 250 g/mol. The fraction of sp³-hybridized carbons (Fsp3) is 0.333. The summed E-state index contributed by atoms with van der Waals surface area (Å²) in [6.07, 6.45) is 1.02. The van der Waals surface area contributed by atoms with Gasteiger partial charge in [-0.25, -0.2) is 0 Å². The molecule has 0 spiro atoms. The molecule has 0 bridgehead atoms. The standard InChI is InChI=1S/C12H14N2O4/c1-3-4-12(16)9-5-6-10(13-8(2)15)11(7-9)14(17)18/h5-7H,3-4H2,1-2H3,(H,13,15). The van der Waals surface area contributed by atoms with Crippen molar-refractivity contribution in [3.8, 4) is 0 Å². The molecule has 0 aliphatic rings. The first-order valence-corrected chi connectivity index (χ1v) is 5.55. The van der Waals surface area contributed by atoms with Gasteiger partial charge in [0.25, 0.3) is 5.69 Å². The predicted octanol–water partition coefficient (Wildman–Crippen LogP) is 2.54. The van der Waals surface area contributed by atoms with Crippen molar-refractivity contribution in [2.24, 2.45) is 0 Å². The minimum atomic E-state index is -0.617. The average Bonchev–Trinajstić information content (AvgIpc) is 2.28. The van der Waals surface area contributed by atoms with Crippen molar-refractivity contribution < 1.29 is 14.5 Å². The van der Waals surface area contributed by atoms with E-state index in [4.69, 9.17) is 0 Å². The first-order valence-electron chi connectivity index (χ1n) is 5.55. The summed E-state index contributed by atoms with van der Waals surface area (Å²) < 4.78 is 0. The maximum absolute atomic E-state index is 11.6. The summed E-state index contributed by atoms with van der Waals surface area (Å²) >= 11 is 0. The summed E-state index contributed by atoms with van der Waals surface area (Å²) in [5.41, 5.74) is 0.116. The van der Waals surface area contributed by atoms with Gasteiger partial charge in [0.2, 0.25) is 5.91 Å². The van der Waals surface area contributed by atoms with Crippen LogP contribution in [0.5, 0.6) is 0 Å². The van der Waals surface area contributed by atoms with E-state index in [0.717, 1.165) is 0 Å². The number of hydrogen-bond donors (Lipinski definition) is 1. The topological polar surface area (TPSA) is 89.3 Å². The molecule has 0 fully saturated rings. The number of amides is 1. The Labute approximate surface area is 104 Å². The first kappa shape index (κ1) is 13.8. The van der Waals surface area contributed by atoms with Gasteiger partial charge in [0.05, 0.1) is 4.92 Å². The van der Waals surface area contributed by atoms with Crippen molar-refractivity contribution in [1.82, 2.24) is 0 Å². The van der Waals surface area contributed by atoms with Crippen LogP contribution in [0.2, 0.25) is 0 Å². The zero-order chi connectivity index (χ0) is 13.7. The van der Waals surface area contributed by atoms with Gasteiger partial charge in [-0.1, -0.05) is 6.92 Å². The van der Waals surface area contributed by atoms with Crippen LogP contribution >= 0.6 is 0 Å². The van der Waals surface area contributed by atoms with Gasteiger partial charge in [0.15, 0.2) is 5.78 Å². The zero-order valence-corrected chi connectivity index (χ0v) is 10.2. The van der Waals surface area contributed by atoms with Gasteiger partial charge in [0, 0.05) is 25.0 Å². The van der Waals surface area contributed by atoms with Gasteiger partial charge in [-0.2, -0.15) is 0 Å². The number of Topliss-reactive ketones (excluding diaryl/α,β-unsaturated/α-hetero) is 1. The number of carbonyl (C=O) groups is 2. The summed E-state index contributed by atoms with van der Waals surface area (Å²) in [4.78, 5) is 32.8. The number of anilines is 1. The lowest BCUT2D eigenvalue weighted by Crippen LogP contribution is -2.09. The number of nitro groups is 1. The molecule has 1 aromatic rings. The van der Waals surface area contributed by atoms with Crippen LogP contribution in [0, 0.1) is 10.1 Å². The van der Waals surface area contributed by atoms with Crippen LogP contribution in [0.4, 0.5) is 11.4 Å². The summed E-state index contributed by atoms with van der Waals surface area (Å²) in [6.45, 7) is 3.12. The molecular formula is C12H14N2O4. The Morgan fingerprint density at radius 3 is 2.56 bits per heavy atom. The van der Waals surface area contributed by atoms with Gasteiger partial charge in [0.1, 0.15) is 5.69 Å². The van der Waals surface area contributed by atoms with Crippen LogP contribution in [0.1, 0.15) is 37.0 Å². The molecule has 96 valence electrons. The lowest BCUT2D eigenvalue weighted by molar-refractivity contribution is -0.384. The van der Waals surface area contributed by atoms with Crippen molar-refractivity contribution in [2.75, 3.05) is 5.32 Å². The molecule has 18 heavy (non-hydrogen) atoms. The highest BCUT2D eigenvalue weighted by Gasteiger charge is 2.17. The maximum Gasteiger partial charge on any atom is 0.293 e. The highest BCUT2D eigenvalue weighted by molar-refractivity contribution is 5.98. The molecule has 1 N–H and O–H groups in total. The predicted molar refractivity (Wildman–Crippen MR) is 66.6 cm³/mol. The van der Waals surface area contributed by atoms with E-state index >= 15 is 0 Å². The molecule has 0 saturated heterocycles. The van der Waals surface area contributed by atoms with Gasteiger partial charge in [-0.15, -0.1) is 0 Å². The third kappa shape index (κ3) is 3.38. The van der Waals surface area contributed by atoms with E-state index in [1.54, 1.807) is 0 Å². The van der Waals surface area contributed by atoms with Crippen LogP contribution in [0.25, 0.3) is 0 Å². The van der Waals surface area contributed by atoms with E-state index in [0.29, 0.717) is 12.8 Å². The second-order valence-corrected chi connectivity index (χ2v) is 3.84.